The van der Waals surface area contributed by atoms with Crippen molar-refractivity contribution in [3.63, 3.8) is 0 Å². The number of esters is 1. The fraction of sp³-hybridized carbons (Fsp3) is 0.292. The first-order valence-electron chi connectivity index (χ1n) is 10.8. The lowest BCUT2D eigenvalue weighted by Crippen LogP contribution is -2.50. The average molecular weight is 484 g/mol. The van der Waals surface area contributed by atoms with Gasteiger partial charge in [0.1, 0.15) is 11.2 Å². The number of aromatic nitrogens is 1. The van der Waals surface area contributed by atoms with Crippen LogP contribution in [0, 0.1) is 0 Å². The number of amides is 1. The van der Waals surface area contributed by atoms with E-state index in [1.165, 1.54) is 33.3 Å². The van der Waals surface area contributed by atoms with Crippen molar-refractivity contribution in [2.75, 3.05) is 37.7 Å². The molecule has 1 saturated heterocycles. The second-order valence-electron chi connectivity index (χ2n) is 7.46. The number of carbonyl (C=O) groups is 2. The summed E-state index contributed by atoms with van der Waals surface area (Å²) in [5.41, 5.74) is 0.860. The first-order chi connectivity index (χ1) is 16.0. The summed E-state index contributed by atoms with van der Waals surface area (Å²) in [5, 5.41) is 1.93. The summed E-state index contributed by atoms with van der Waals surface area (Å²) in [4.78, 5) is 43.2. The van der Waals surface area contributed by atoms with E-state index < -0.39 is 5.97 Å². The predicted octanol–water partition coefficient (Wildman–Crippen LogP) is 1.49. The highest BCUT2D eigenvalue weighted by Crippen LogP contribution is 2.15. The fourth-order valence-electron chi connectivity index (χ4n) is 3.67. The Kier molecular flexibility index (Phi) is 7.41. The maximum absolute atomic E-state index is 13.1. The quantitative estimate of drug-likeness (QED) is 0.497. The standard InChI is InChI=1S/C24H25N3O4S2/c1-2-31-23(29)16-22-27(24(30)20(33-22)15-19-9-6-14-32-19)17-21(28)26-12-10-25(11-13-26)18-7-4-3-5-8-18/h3-9,14-16H,2,10-13,17H2,1H3/b20-15-,22-16+. The summed E-state index contributed by atoms with van der Waals surface area (Å²) in [5.74, 6) is -0.664. The second kappa shape index (κ2) is 10.6. The van der Waals surface area contributed by atoms with Gasteiger partial charge in [0.25, 0.3) is 5.56 Å². The Morgan fingerprint density at radius 3 is 2.48 bits per heavy atom. The van der Waals surface area contributed by atoms with E-state index in [9.17, 15) is 14.4 Å². The summed E-state index contributed by atoms with van der Waals surface area (Å²) < 4.78 is 7.30. The first kappa shape index (κ1) is 23.0. The Bertz CT molecular complexity index is 1270. The number of ether oxygens (including phenoxy) is 1. The van der Waals surface area contributed by atoms with Crippen LogP contribution in [0.3, 0.4) is 0 Å². The minimum atomic E-state index is -0.529. The number of thiophene rings is 1. The summed E-state index contributed by atoms with van der Waals surface area (Å²) in [6, 6.07) is 13.9. The molecule has 9 heteroatoms. The third-order valence-corrected chi connectivity index (χ3v) is 7.21. The molecule has 0 spiro atoms. The van der Waals surface area contributed by atoms with Gasteiger partial charge in [-0.05, 0) is 36.6 Å². The Hall–Kier alpha value is -3.17. The zero-order valence-electron chi connectivity index (χ0n) is 18.3. The van der Waals surface area contributed by atoms with Crippen molar-refractivity contribution < 1.29 is 14.3 Å². The van der Waals surface area contributed by atoms with Crippen molar-refractivity contribution in [2.24, 2.45) is 0 Å². The Balaban J connectivity index is 1.55. The monoisotopic (exact) mass is 483 g/mol. The summed E-state index contributed by atoms with van der Waals surface area (Å²) in [6.07, 6.45) is 3.09. The number of hydrogen-bond donors (Lipinski definition) is 0. The van der Waals surface area contributed by atoms with Crippen molar-refractivity contribution in [1.82, 2.24) is 9.47 Å². The number of nitrogens with zero attached hydrogens (tertiary/aromatic N) is 3. The van der Waals surface area contributed by atoms with Gasteiger partial charge in [0.2, 0.25) is 5.91 Å². The smallest absolute Gasteiger partial charge is 0.333 e. The molecule has 7 nitrogen and oxygen atoms in total. The Morgan fingerprint density at radius 1 is 1.06 bits per heavy atom. The molecule has 1 aliphatic rings. The number of carbonyl (C=O) groups excluding carboxylic acids is 2. The molecule has 1 amide bonds. The lowest BCUT2D eigenvalue weighted by atomic mass is 10.2. The molecule has 172 valence electrons. The number of piperazine rings is 1. The first-order valence-corrected chi connectivity index (χ1v) is 12.5. The van der Waals surface area contributed by atoms with E-state index in [1.807, 2.05) is 35.7 Å². The van der Waals surface area contributed by atoms with Gasteiger partial charge in [0.05, 0.1) is 17.2 Å². The molecule has 0 saturated carbocycles. The highest BCUT2D eigenvalue weighted by molar-refractivity contribution is 7.11. The normalized spacial score (nSPS) is 15.2. The predicted molar refractivity (Wildman–Crippen MR) is 132 cm³/mol. The van der Waals surface area contributed by atoms with Crippen molar-refractivity contribution >= 4 is 52.4 Å². The van der Waals surface area contributed by atoms with E-state index in [-0.39, 0.29) is 24.6 Å². The number of thiazole rings is 1. The van der Waals surface area contributed by atoms with Gasteiger partial charge in [-0.3, -0.25) is 14.2 Å². The lowest BCUT2D eigenvalue weighted by Gasteiger charge is -2.36. The summed E-state index contributed by atoms with van der Waals surface area (Å²) in [6.45, 7) is 4.48. The second-order valence-corrected chi connectivity index (χ2v) is 9.50. The van der Waals surface area contributed by atoms with Crippen LogP contribution in [0.2, 0.25) is 0 Å². The molecule has 0 aliphatic carbocycles. The van der Waals surface area contributed by atoms with Crippen LogP contribution in [0.15, 0.2) is 52.6 Å². The molecule has 3 heterocycles. The van der Waals surface area contributed by atoms with Crippen LogP contribution in [-0.4, -0.2) is 54.1 Å². The molecule has 33 heavy (non-hydrogen) atoms. The van der Waals surface area contributed by atoms with Gasteiger partial charge < -0.3 is 14.5 Å². The van der Waals surface area contributed by atoms with Gasteiger partial charge in [-0.15, -0.1) is 22.7 Å². The van der Waals surface area contributed by atoms with Gasteiger partial charge in [-0.2, -0.15) is 0 Å². The van der Waals surface area contributed by atoms with Crippen LogP contribution in [0.5, 0.6) is 0 Å². The minimum Gasteiger partial charge on any atom is -0.463 e. The van der Waals surface area contributed by atoms with E-state index in [4.69, 9.17) is 4.74 Å². The van der Waals surface area contributed by atoms with E-state index in [1.54, 1.807) is 17.9 Å². The number of para-hydroxylation sites is 1. The lowest BCUT2D eigenvalue weighted by molar-refractivity contribution is -0.135. The molecule has 4 rings (SSSR count). The average Bonchev–Trinajstić information content (AvgIpc) is 3.44. The van der Waals surface area contributed by atoms with Crippen LogP contribution in [0.4, 0.5) is 5.69 Å². The van der Waals surface area contributed by atoms with Gasteiger partial charge in [-0.1, -0.05) is 24.3 Å². The largest absolute Gasteiger partial charge is 0.463 e. The van der Waals surface area contributed by atoms with Crippen LogP contribution in [0.25, 0.3) is 12.2 Å². The zero-order valence-corrected chi connectivity index (χ0v) is 19.9. The molecule has 0 N–H and O–H groups in total. The highest BCUT2D eigenvalue weighted by atomic mass is 32.1. The molecule has 0 bridgehead atoms. The Morgan fingerprint density at radius 2 is 1.82 bits per heavy atom. The minimum absolute atomic E-state index is 0.107. The molecule has 1 aliphatic heterocycles. The number of hydrogen-bond acceptors (Lipinski definition) is 7. The highest BCUT2D eigenvalue weighted by Gasteiger charge is 2.22. The number of benzene rings is 1. The van der Waals surface area contributed by atoms with Crippen LogP contribution < -0.4 is 19.7 Å². The van der Waals surface area contributed by atoms with Crippen LogP contribution in [-0.2, 0) is 20.9 Å². The summed E-state index contributed by atoms with van der Waals surface area (Å²) in [7, 11) is 0. The fourth-order valence-corrected chi connectivity index (χ4v) is 5.42. The topological polar surface area (TPSA) is 71.8 Å². The van der Waals surface area contributed by atoms with E-state index in [0.717, 1.165) is 23.7 Å². The van der Waals surface area contributed by atoms with E-state index in [2.05, 4.69) is 17.0 Å². The molecular formula is C24H25N3O4S2. The number of anilines is 1. The number of rotatable bonds is 6. The Labute approximate surface area is 199 Å². The van der Waals surface area contributed by atoms with Crippen molar-refractivity contribution in [3.05, 3.63) is 72.3 Å². The van der Waals surface area contributed by atoms with Crippen molar-refractivity contribution in [1.29, 1.82) is 0 Å². The summed E-state index contributed by atoms with van der Waals surface area (Å²) >= 11 is 2.71. The molecule has 2 aromatic heterocycles. The zero-order chi connectivity index (χ0) is 23.2. The maximum Gasteiger partial charge on any atom is 0.333 e. The van der Waals surface area contributed by atoms with Gasteiger partial charge >= 0.3 is 5.97 Å². The van der Waals surface area contributed by atoms with Gasteiger partial charge in [0.15, 0.2) is 0 Å². The van der Waals surface area contributed by atoms with Crippen LogP contribution >= 0.6 is 22.7 Å². The molecule has 1 fully saturated rings. The van der Waals surface area contributed by atoms with E-state index >= 15 is 0 Å². The molecular weight excluding hydrogens is 458 g/mol. The molecule has 0 atom stereocenters. The molecule has 1 aromatic carbocycles. The van der Waals surface area contributed by atoms with Gasteiger partial charge in [0, 0.05) is 36.7 Å². The molecule has 0 unspecified atom stereocenters. The van der Waals surface area contributed by atoms with Crippen molar-refractivity contribution in [3.8, 4) is 0 Å². The SMILES string of the molecule is CCOC(=O)/C=c1/s/c(=C\c2cccs2)c(=O)n1CC(=O)N1CCN(c2ccccc2)CC1. The van der Waals surface area contributed by atoms with Gasteiger partial charge in [-0.25, -0.2) is 4.79 Å². The van der Waals surface area contributed by atoms with Crippen molar-refractivity contribution in [2.45, 2.75) is 13.5 Å². The third-order valence-electron chi connectivity index (χ3n) is 5.33. The van der Waals surface area contributed by atoms with E-state index in [0.29, 0.717) is 22.3 Å². The van der Waals surface area contributed by atoms with Crippen LogP contribution in [0.1, 0.15) is 11.8 Å². The third kappa shape index (κ3) is 5.61. The maximum atomic E-state index is 13.1. The molecule has 3 aromatic rings. The molecule has 0 radical (unpaired) electrons.